The molecule has 0 spiro atoms. The third kappa shape index (κ3) is 2.09. The molecule has 2 aromatic heterocycles. The average Bonchev–Trinajstić information content (AvgIpc) is 2.87. The second-order valence-electron chi connectivity index (χ2n) is 3.80. The number of furan rings is 1. The molecule has 1 unspecified atom stereocenters. The van der Waals surface area contributed by atoms with Crippen molar-refractivity contribution in [1.82, 2.24) is 14.8 Å². The number of aromatic nitrogens is 3. The van der Waals surface area contributed by atoms with Gasteiger partial charge in [0.1, 0.15) is 11.6 Å². The first-order valence-corrected chi connectivity index (χ1v) is 5.81. The van der Waals surface area contributed by atoms with Gasteiger partial charge < -0.3 is 8.98 Å². The summed E-state index contributed by atoms with van der Waals surface area (Å²) in [5.41, 5.74) is 0. The van der Waals surface area contributed by atoms with Gasteiger partial charge in [0.2, 0.25) is 0 Å². The van der Waals surface area contributed by atoms with Crippen molar-refractivity contribution in [2.24, 2.45) is 0 Å². The fourth-order valence-electron chi connectivity index (χ4n) is 1.85. The van der Waals surface area contributed by atoms with Gasteiger partial charge in [-0.15, -0.1) is 0 Å². The van der Waals surface area contributed by atoms with Crippen LogP contribution < -0.4 is 0 Å². The first-order chi connectivity index (χ1) is 7.72. The summed E-state index contributed by atoms with van der Waals surface area (Å²) in [7, 11) is 0. The van der Waals surface area contributed by atoms with Crippen molar-refractivity contribution < 1.29 is 4.42 Å². The highest BCUT2D eigenvalue weighted by atomic mass is 32.1. The molecule has 0 saturated carbocycles. The largest absolute Gasteiger partial charge is 0.469 e. The summed E-state index contributed by atoms with van der Waals surface area (Å²) in [6, 6.07) is 4.14. The van der Waals surface area contributed by atoms with E-state index in [4.69, 9.17) is 16.6 Å². The molecule has 0 aromatic carbocycles. The van der Waals surface area contributed by atoms with Crippen LogP contribution in [0, 0.1) is 4.77 Å². The molecule has 0 bridgehead atoms. The SMILES string of the molecule is CCc1n[nH]c(=S)n1C(C)Cc1ccco1. The molecule has 2 rings (SSSR count). The van der Waals surface area contributed by atoms with Crippen molar-refractivity contribution in [3.05, 3.63) is 34.8 Å². The zero-order valence-electron chi connectivity index (χ0n) is 9.43. The molecule has 5 heteroatoms. The monoisotopic (exact) mass is 237 g/mol. The molecule has 0 radical (unpaired) electrons. The molecule has 16 heavy (non-hydrogen) atoms. The van der Waals surface area contributed by atoms with E-state index in [0.717, 1.165) is 24.4 Å². The number of hydrogen-bond donors (Lipinski definition) is 1. The van der Waals surface area contributed by atoms with Gasteiger partial charge in [-0.1, -0.05) is 6.92 Å². The molecule has 0 aliphatic heterocycles. The molecule has 0 fully saturated rings. The Kier molecular flexibility index (Phi) is 3.24. The van der Waals surface area contributed by atoms with Crippen molar-refractivity contribution in [1.29, 1.82) is 0 Å². The van der Waals surface area contributed by atoms with Gasteiger partial charge in [-0.3, -0.25) is 5.10 Å². The maximum Gasteiger partial charge on any atom is 0.195 e. The summed E-state index contributed by atoms with van der Waals surface area (Å²) in [4.78, 5) is 0. The molecule has 86 valence electrons. The van der Waals surface area contributed by atoms with E-state index in [0.29, 0.717) is 4.77 Å². The van der Waals surface area contributed by atoms with Gasteiger partial charge >= 0.3 is 0 Å². The van der Waals surface area contributed by atoms with Crippen molar-refractivity contribution in [2.45, 2.75) is 32.7 Å². The van der Waals surface area contributed by atoms with Gasteiger partial charge in [0, 0.05) is 18.9 Å². The van der Waals surface area contributed by atoms with Crippen molar-refractivity contribution in [2.75, 3.05) is 0 Å². The standard InChI is InChI=1S/C11H15N3OS/c1-3-10-12-13-11(16)14(10)8(2)7-9-5-4-6-15-9/h4-6,8H,3,7H2,1-2H3,(H,13,16). The van der Waals surface area contributed by atoms with Gasteiger partial charge in [0.05, 0.1) is 6.26 Å². The maximum absolute atomic E-state index is 5.34. The number of nitrogens with one attached hydrogen (secondary N) is 1. The molecular formula is C11H15N3OS. The Hall–Kier alpha value is -1.36. The molecule has 0 aliphatic rings. The van der Waals surface area contributed by atoms with Crippen LogP contribution in [0.25, 0.3) is 0 Å². The predicted octanol–water partition coefficient (Wildman–Crippen LogP) is 2.90. The Morgan fingerprint density at radius 3 is 3.06 bits per heavy atom. The number of nitrogens with zero attached hydrogens (tertiary/aromatic N) is 2. The van der Waals surface area contributed by atoms with Crippen molar-refractivity contribution >= 4 is 12.2 Å². The number of aromatic amines is 1. The Morgan fingerprint density at radius 2 is 2.44 bits per heavy atom. The molecular weight excluding hydrogens is 222 g/mol. The molecule has 0 saturated heterocycles. The second kappa shape index (κ2) is 4.65. The first kappa shape index (κ1) is 11.1. The van der Waals surface area contributed by atoms with Gasteiger partial charge in [0.15, 0.2) is 4.77 Å². The quantitative estimate of drug-likeness (QED) is 0.832. The Balaban J connectivity index is 2.23. The molecule has 0 amide bonds. The van der Waals surface area contributed by atoms with Crippen LogP contribution in [0.3, 0.4) is 0 Å². The zero-order valence-corrected chi connectivity index (χ0v) is 10.3. The molecule has 1 atom stereocenters. The van der Waals surface area contributed by atoms with Gasteiger partial charge in [-0.2, -0.15) is 5.10 Å². The number of hydrogen-bond acceptors (Lipinski definition) is 3. The Morgan fingerprint density at radius 1 is 1.62 bits per heavy atom. The molecule has 1 N–H and O–H groups in total. The lowest BCUT2D eigenvalue weighted by molar-refractivity contribution is 0.439. The zero-order chi connectivity index (χ0) is 11.5. The van der Waals surface area contributed by atoms with E-state index in [-0.39, 0.29) is 6.04 Å². The second-order valence-corrected chi connectivity index (χ2v) is 4.19. The summed E-state index contributed by atoms with van der Waals surface area (Å²) in [5.74, 6) is 1.96. The summed E-state index contributed by atoms with van der Waals surface area (Å²) < 4.78 is 8.07. The van der Waals surface area contributed by atoms with E-state index in [1.54, 1.807) is 6.26 Å². The summed E-state index contributed by atoms with van der Waals surface area (Å²) in [5, 5.41) is 7.03. The summed E-state index contributed by atoms with van der Waals surface area (Å²) in [6.45, 7) is 4.19. The van der Waals surface area contributed by atoms with Gasteiger partial charge in [-0.25, -0.2) is 0 Å². The number of rotatable bonds is 4. The van der Waals surface area contributed by atoms with Gasteiger partial charge in [0.25, 0.3) is 0 Å². The van der Waals surface area contributed by atoms with Crippen LogP contribution in [-0.4, -0.2) is 14.8 Å². The maximum atomic E-state index is 5.34. The van der Waals surface area contributed by atoms with Gasteiger partial charge in [-0.05, 0) is 31.3 Å². The normalized spacial score (nSPS) is 12.9. The van der Waals surface area contributed by atoms with Crippen LogP contribution in [0.5, 0.6) is 0 Å². The Bertz CT molecular complexity index is 498. The minimum Gasteiger partial charge on any atom is -0.469 e. The number of H-pyrrole nitrogens is 1. The van der Waals surface area contributed by atoms with Crippen LogP contribution in [0.15, 0.2) is 22.8 Å². The van der Waals surface area contributed by atoms with E-state index in [1.165, 1.54) is 0 Å². The van der Waals surface area contributed by atoms with Crippen LogP contribution in [0.4, 0.5) is 0 Å². The van der Waals surface area contributed by atoms with E-state index < -0.39 is 0 Å². The Labute approximate surface area is 99.3 Å². The van der Waals surface area contributed by atoms with Crippen molar-refractivity contribution in [3.63, 3.8) is 0 Å². The van der Waals surface area contributed by atoms with E-state index in [2.05, 4.69) is 28.6 Å². The van der Waals surface area contributed by atoms with Crippen LogP contribution in [-0.2, 0) is 12.8 Å². The van der Waals surface area contributed by atoms with E-state index in [9.17, 15) is 0 Å². The van der Waals surface area contributed by atoms with Crippen LogP contribution >= 0.6 is 12.2 Å². The minimum absolute atomic E-state index is 0.257. The topological polar surface area (TPSA) is 46.8 Å². The number of aryl methyl sites for hydroxylation is 1. The fraction of sp³-hybridized carbons (Fsp3) is 0.455. The highest BCUT2D eigenvalue weighted by molar-refractivity contribution is 7.71. The lowest BCUT2D eigenvalue weighted by atomic mass is 10.2. The molecule has 2 heterocycles. The van der Waals surface area contributed by atoms with E-state index in [1.807, 2.05) is 12.1 Å². The third-order valence-corrected chi connectivity index (χ3v) is 2.90. The minimum atomic E-state index is 0.257. The lowest BCUT2D eigenvalue weighted by Crippen LogP contribution is -2.11. The average molecular weight is 237 g/mol. The third-order valence-electron chi connectivity index (χ3n) is 2.61. The first-order valence-electron chi connectivity index (χ1n) is 5.40. The highest BCUT2D eigenvalue weighted by Crippen LogP contribution is 2.16. The van der Waals surface area contributed by atoms with Crippen LogP contribution in [0.2, 0.25) is 0 Å². The van der Waals surface area contributed by atoms with Crippen LogP contribution in [0.1, 0.15) is 31.5 Å². The lowest BCUT2D eigenvalue weighted by Gasteiger charge is -2.13. The smallest absolute Gasteiger partial charge is 0.195 e. The molecule has 2 aromatic rings. The summed E-state index contributed by atoms with van der Waals surface area (Å²) in [6.07, 6.45) is 3.39. The highest BCUT2D eigenvalue weighted by Gasteiger charge is 2.13. The predicted molar refractivity (Wildman–Crippen MR) is 63.9 cm³/mol. The van der Waals surface area contributed by atoms with E-state index >= 15 is 0 Å². The fourth-order valence-corrected chi connectivity index (χ4v) is 2.18. The molecule has 4 nitrogen and oxygen atoms in total. The summed E-state index contributed by atoms with van der Waals surface area (Å²) >= 11 is 5.23. The molecule has 0 aliphatic carbocycles. The van der Waals surface area contributed by atoms with Crippen molar-refractivity contribution in [3.8, 4) is 0 Å².